The van der Waals surface area contributed by atoms with Crippen LogP contribution in [0.2, 0.25) is 0 Å². The Morgan fingerprint density at radius 3 is 2.75 bits per heavy atom. The van der Waals surface area contributed by atoms with Crippen LogP contribution in [-0.2, 0) is 16.0 Å². The van der Waals surface area contributed by atoms with Gasteiger partial charge in [-0.1, -0.05) is 31.2 Å². The van der Waals surface area contributed by atoms with E-state index in [4.69, 9.17) is 0 Å². The Morgan fingerprint density at radius 2 is 2.12 bits per heavy atom. The summed E-state index contributed by atoms with van der Waals surface area (Å²) in [5.41, 5.74) is 2.04. The first kappa shape index (κ1) is 12.7. The molecule has 1 rings (SSSR count). The minimum atomic E-state index is -0.588. The highest BCUT2D eigenvalue weighted by Gasteiger charge is 2.12. The number of aliphatic hydroxyl groups is 1. The van der Waals surface area contributed by atoms with Crippen molar-refractivity contribution in [2.45, 2.75) is 32.3 Å². The molecule has 0 saturated carbocycles. The zero-order valence-corrected chi connectivity index (χ0v) is 9.77. The summed E-state index contributed by atoms with van der Waals surface area (Å²) in [6.45, 7) is 2.05. The van der Waals surface area contributed by atoms with E-state index in [1.54, 1.807) is 0 Å². The van der Waals surface area contributed by atoms with Crippen LogP contribution >= 0.6 is 0 Å². The number of carbonyl (C=O) groups excluding carboxylic acids is 1. The molecule has 0 spiro atoms. The lowest BCUT2D eigenvalue weighted by Crippen LogP contribution is -2.06. The molecule has 3 nitrogen and oxygen atoms in total. The van der Waals surface area contributed by atoms with Gasteiger partial charge in [-0.15, -0.1) is 0 Å². The molecule has 0 aromatic heterocycles. The van der Waals surface area contributed by atoms with Gasteiger partial charge in [-0.2, -0.15) is 0 Å². The van der Waals surface area contributed by atoms with Crippen molar-refractivity contribution in [2.75, 3.05) is 7.11 Å². The summed E-state index contributed by atoms with van der Waals surface area (Å²) in [5.74, 6) is -0.284. The van der Waals surface area contributed by atoms with Crippen LogP contribution in [0.4, 0.5) is 0 Å². The Balaban J connectivity index is 2.65. The van der Waals surface area contributed by atoms with Crippen LogP contribution in [0.15, 0.2) is 24.3 Å². The molecule has 0 amide bonds. The topological polar surface area (TPSA) is 46.5 Å². The fraction of sp³-hybridized carbons (Fsp3) is 0.462. The van der Waals surface area contributed by atoms with E-state index in [-0.39, 0.29) is 12.4 Å². The highest BCUT2D eigenvalue weighted by Crippen LogP contribution is 2.22. The maximum Gasteiger partial charge on any atom is 0.305 e. The molecule has 16 heavy (non-hydrogen) atoms. The van der Waals surface area contributed by atoms with Crippen molar-refractivity contribution in [3.63, 3.8) is 0 Å². The molecule has 1 aromatic rings. The maximum atomic E-state index is 11.0. The third-order valence-corrected chi connectivity index (χ3v) is 2.64. The molecule has 1 aromatic carbocycles. The van der Waals surface area contributed by atoms with Crippen molar-refractivity contribution >= 4 is 5.97 Å². The fourth-order valence-corrected chi connectivity index (χ4v) is 1.69. The smallest absolute Gasteiger partial charge is 0.305 e. The van der Waals surface area contributed by atoms with E-state index in [2.05, 4.69) is 4.74 Å². The third-order valence-electron chi connectivity index (χ3n) is 2.64. The first-order valence-electron chi connectivity index (χ1n) is 5.51. The predicted octanol–water partition coefficient (Wildman–Crippen LogP) is 2.24. The van der Waals surface area contributed by atoms with Crippen molar-refractivity contribution in [1.82, 2.24) is 0 Å². The van der Waals surface area contributed by atoms with E-state index in [1.807, 2.05) is 31.2 Å². The van der Waals surface area contributed by atoms with Crippen molar-refractivity contribution in [3.05, 3.63) is 35.4 Å². The molecular weight excluding hydrogens is 204 g/mol. The van der Waals surface area contributed by atoms with E-state index < -0.39 is 6.10 Å². The van der Waals surface area contributed by atoms with E-state index >= 15 is 0 Å². The standard InChI is InChI=1S/C13H18O3/c1-3-10-6-4-5-7-11(10)12(14)8-9-13(15)16-2/h4-7,12,14H,3,8-9H2,1-2H3. The number of carbonyl (C=O) groups is 1. The van der Waals surface area contributed by atoms with Crippen LogP contribution in [0.1, 0.15) is 37.0 Å². The number of rotatable bonds is 5. The number of methoxy groups -OCH3 is 1. The number of benzene rings is 1. The van der Waals surface area contributed by atoms with Crippen LogP contribution in [0.3, 0.4) is 0 Å². The van der Waals surface area contributed by atoms with Crippen LogP contribution < -0.4 is 0 Å². The molecule has 1 N–H and O–H groups in total. The number of aryl methyl sites for hydroxylation is 1. The second-order valence-corrected chi connectivity index (χ2v) is 3.68. The van der Waals surface area contributed by atoms with Gasteiger partial charge in [0.25, 0.3) is 0 Å². The monoisotopic (exact) mass is 222 g/mol. The molecule has 88 valence electrons. The molecule has 0 fully saturated rings. The number of aliphatic hydroxyl groups excluding tert-OH is 1. The minimum Gasteiger partial charge on any atom is -0.469 e. The molecule has 0 aliphatic carbocycles. The summed E-state index contributed by atoms with van der Waals surface area (Å²) < 4.78 is 4.54. The Morgan fingerprint density at radius 1 is 1.44 bits per heavy atom. The van der Waals surface area contributed by atoms with Gasteiger partial charge in [0.05, 0.1) is 13.2 Å². The molecule has 1 unspecified atom stereocenters. The van der Waals surface area contributed by atoms with Crippen molar-refractivity contribution in [2.24, 2.45) is 0 Å². The average molecular weight is 222 g/mol. The van der Waals surface area contributed by atoms with Gasteiger partial charge in [0.2, 0.25) is 0 Å². The lowest BCUT2D eigenvalue weighted by atomic mass is 9.98. The molecule has 0 aliphatic heterocycles. The number of ether oxygens (including phenoxy) is 1. The Labute approximate surface area is 96.1 Å². The van der Waals surface area contributed by atoms with E-state index in [0.29, 0.717) is 6.42 Å². The van der Waals surface area contributed by atoms with Gasteiger partial charge in [-0.05, 0) is 24.0 Å². The van der Waals surface area contributed by atoms with Gasteiger partial charge in [-0.25, -0.2) is 0 Å². The van der Waals surface area contributed by atoms with Crippen LogP contribution in [0.5, 0.6) is 0 Å². The molecule has 3 heteroatoms. The molecule has 0 aliphatic rings. The SMILES string of the molecule is CCc1ccccc1C(O)CCC(=O)OC. The third kappa shape index (κ3) is 3.35. The van der Waals surface area contributed by atoms with Gasteiger partial charge in [0.1, 0.15) is 0 Å². The van der Waals surface area contributed by atoms with Gasteiger partial charge in [-0.3, -0.25) is 4.79 Å². The van der Waals surface area contributed by atoms with Crippen LogP contribution in [-0.4, -0.2) is 18.2 Å². The van der Waals surface area contributed by atoms with Crippen molar-refractivity contribution < 1.29 is 14.6 Å². The zero-order chi connectivity index (χ0) is 12.0. The van der Waals surface area contributed by atoms with Crippen molar-refractivity contribution in [3.8, 4) is 0 Å². The van der Waals surface area contributed by atoms with Crippen LogP contribution in [0.25, 0.3) is 0 Å². The maximum absolute atomic E-state index is 11.0. The summed E-state index contributed by atoms with van der Waals surface area (Å²) in [6, 6.07) is 7.75. The van der Waals surface area contributed by atoms with E-state index in [1.165, 1.54) is 7.11 Å². The predicted molar refractivity (Wildman–Crippen MR) is 62.0 cm³/mol. The summed E-state index contributed by atoms with van der Waals surface area (Å²) in [7, 11) is 1.36. The summed E-state index contributed by atoms with van der Waals surface area (Å²) in [6.07, 6.45) is 0.945. The summed E-state index contributed by atoms with van der Waals surface area (Å²) in [4.78, 5) is 11.0. The molecular formula is C13H18O3. The van der Waals surface area contributed by atoms with Gasteiger partial charge in [0.15, 0.2) is 0 Å². The van der Waals surface area contributed by atoms with Crippen LogP contribution in [0, 0.1) is 0 Å². The number of hydrogen-bond donors (Lipinski definition) is 1. The first-order valence-corrected chi connectivity index (χ1v) is 5.51. The lowest BCUT2D eigenvalue weighted by Gasteiger charge is -2.14. The normalized spacial score (nSPS) is 12.2. The quantitative estimate of drug-likeness (QED) is 0.777. The largest absolute Gasteiger partial charge is 0.469 e. The lowest BCUT2D eigenvalue weighted by molar-refractivity contribution is -0.141. The molecule has 0 heterocycles. The summed E-state index contributed by atoms with van der Waals surface area (Å²) in [5, 5.41) is 9.97. The fourth-order valence-electron chi connectivity index (χ4n) is 1.69. The van der Waals surface area contributed by atoms with Gasteiger partial charge < -0.3 is 9.84 Å². The Kier molecular flexibility index (Phi) is 4.99. The molecule has 0 saturated heterocycles. The first-order chi connectivity index (χ1) is 7.69. The van der Waals surface area contributed by atoms with E-state index in [9.17, 15) is 9.90 Å². The van der Waals surface area contributed by atoms with Crippen molar-refractivity contribution in [1.29, 1.82) is 0 Å². The average Bonchev–Trinajstić information content (AvgIpc) is 2.35. The van der Waals surface area contributed by atoms with Gasteiger partial charge in [0, 0.05) is 6.42 Å². The van der Waals surface area contributed by atoms with Gasteiger partial charge >= 0.3 is 5.97 Å². The summed E-state index contributed by atoms with van der Waals surface area (Å²) >= 11 is 0. The Bertz CT molecular complexity index is 347. The molecule has 0 radical (unpaired) electrons. The minimum absolute atomic E-state index is 0.246. The molecule has 1 atom stereocenters. The second-order valence-electron chi connectivity index (χ2n) is 3.68. The highest BCUT2D eigenvalue weighted by atomic mass is 16.5. The zero-order valence-electron chi connectivity index (χ0n) is 9.77. The Hall–Kier alpha value is -1.35. The molecule has 0 bridgehead atoms. The highest BCUT2D eigenvalue weighted by molar-refractivity contribution is 5.69. The number of esters is 1. The number of hydrogen-bond acceptors (Lipinski definition) is 3. The van der Waals surface area contributed by atoms with E-state index in [0.717, 1.165) is 17.5 Å². The second kappa shape index (κ2) is 6.28.